The zero-order chi connectivity index (χ0) is 9.14. The molecule has 0 bridgehead atoms. The minimum atomic E-state index is -0.116. The highest BCUT2D eigenvalue weighted by molar-refractivity contribution is 5.25. The average molecular weight is 167 g/mol. The molecule has 0 spiro atoms. The predicted octanol–water partition coefficient (Wildman–Crippen LogP) is 2.02. The van der Waals surface area contributed by atoms with E-state index in [0.717, 1.165) is 0 Å². The van der Waals surface area contributed by atoms with Gasteiger partial charge in [-0.1, -0.05) is 18.2 Å². The summed E-state index contributed by atoms with van der Waals surface area (Å²) in [6, 6.07) is 5.42. The Labute approximate surface area is 72.4 Å². The molecule has 0 heterocycles. The number of hydrogen-bond acceptors (Lipinski definition) is 1. The molecule has 66 valence electrons. The molecule has 1 aromatic rings. The number of aryl methyl sites for hydroxylation is 1. The fourth-order valence-corrected chi connectivity index (χ4v) is 1.21. The zero-order valence-electron chi connectivity index (χ0n) is 7.47. The highest BCUT2D eigenvalue weighted by atomic mass is 19.1. The van der Waals surface area contributed by atoms with E-state index in [1.807, 2.05) is 13.0 Å². The zero-order valence-corrected chi connectivity index (χ0v) is 7.47. The molecule has 1 atom stereocenters. The molecule has 0 amide bonds. The van der Waals surface area contributed by atoms with E-state index >= 15 is 0 Å². The van der Waals surface area contributed by atoms with Crippen LogP contribution in [0, 0.1) is 12.7 Å². The monoisotopic (exact) mass is 167 g/mol. The molecule has 2 N–H and O–H groups in total. The van der Waals surface area contributed by atoms with Crippen LogP contribution in [-0.4, -0.2) is 6.04 Å². The lowest BCUT2D eigenvalue weighted by Gasteiger charge is -2.07. The first-order valence-electron chi connectivity index (χ1n) is 4.11. The topological polar surface area (TPSA) is 26.0 Å². The van der Waals surface area contributed by atoms with Crippen molar-refractivity contribution >= 4 is 0 Å². The molecule has 0 fully saturated rings. The quantitative estimate of drug-likeness (QED) is 0.716. The minimum Gasteiger partial charge on any atom is -0.328 e. The van der Waals surface area contributed by atoms with Gasteiger partial charge in [0.1, 0.15) is 5.82 Å². The molecular formula is C10H14FN. The van der Waals surface area contributed by atoms with Crippen LogP contribution in [-0.2, 0) is 6.42 Å². The van der Waals surface area contributed by atoms with Crippen molar-refractivity contribution in [1.29, 1.82) is 0 Å². The lowest BCUT2D eigenvalue weighted by Crippen LogP contribution is -2.18. The van der Waals surface area contributed by atoms with Crippen LogP contribution in [0.5, 0.6) is 0 Å². The molecule has 0 unspecified atom stereocenters. The maximum atomic E-state index is 13.3. The Morgan fingerprint density at radius 1 is 1.50 bits per heavy atom. The van der Waals surface area contributed by atoms with Crippen LogP contribution in [0.2, 0.25) is 0 Å². The molecule has 0 aliphatic carbocycles. The third-order valence-electron chi connectivity index (χ3n) is 1.81. The molecule has 1 rings (SSSR count). The van der Waals surface area contributed by atoms with Crippen molar-refractivity contribution in [2.24, 2.45) is 5.73 Å². The molecule has 0 aliphatic rings. The fraction of sp³-hybridized carbons (Fsp3) is 0.400. The van der Waals surface area contributed by atoms with Crippen LogP contribution < -0.4 is 5.73 Å². The van der Waals surface area contributed by atoms with E-state index < -0.39 is 0 Å². The Kier molecular flexibility index (Phi) is 2.82. The maximum absolute atomic E-state index is 13.3. The molecule has 2 heteroatoms. The predicted molar refractivity (Wildman–Crippen MR) is 48.5 cm³/mol. The lowest BCUT2D eigenvalue weighted by atomic mass is 10.0. The molecular weight excluding hydrogens is 153 g/mol. The summed E-state index contributed by atoms with van der Waals surface area (Å²) in [5.74, 6) is -0.116. The molecule has 0 aromatic heterocycles. The van der Waals surface area contributed by atoms with E-state index in [2.05, 4.69) is 0 Å². The number of hydrogen-bond donors (Lipinski definition) is 1. The number of halogens is 1. The summed E-state index contributed by atoms with van der Waals surface area (Å²) in [4.78, 5) is 0. The Bertz CT molecular complexity index is 269. The summed E-state index contributed by atoms with van der Waals surface area (Å²) in [5, 5.41) is 0. The third-order valence-corrected chi connectivity index (χ3v) is 1.81. The van der Waals surface area contributed by atoms with Gasteiger partial charge in [0.15, 0.2) is 0 Å². The van der Waals surface area contributed by atoms with E-state index in [-0.39, 0.29) is 11.9 Å². The Hall–Kier alpha value is -0.890. The van der Waals surface area contributed by atoms with Crippen molar-refractivity contribution in [1.82, 2.24) is 0 Å². The van der Waals surface area contributed by atoms with Gasteiger partial charge >= 0.3 is 0 Å². The Balaban J connectivity index is 2.92. The number of benzene rings is 1. The number of nitrogens with two attached hydrogens (primary N) is 1. The third kappa shape index (κ3) is 2.05. The van der Waals surface area contributed by atoms with E-state index in [0.29, 0.717) is 17.5 Å². The van der Waals surface area contributed by atoms with Gasteiger partial charge < -0.3 is 5.73 Å². The highest BCUT2D eigenvalue weighted by Crippen LogP contribution is 2.12. The summed E-state index contributed by atoms with van der Waals surface area (Å²) >= 11 is 0. The van der Waals surface area contributed by atoms with Crippen molar-refractivity contribution in [2.75, 3.05) is 0 Å². The normalized spacial score (nSPS) is 13.0. The average Bonchev–Trinajstić information content (AvgIpc) is 1.98. The lowest BCUT2D eigenvalue weighted by molar-refractivity contribution is 0.588. The van der Waals surface area contributed by atoms with Crippen molar-refractivity contribution in [2.45, 2.75) is 26.3 Å². The molecule has 1 nitrogen and oxygen atoms in total. The first-order chi connectivity index (χ1) is 5.61. The first kappa shape index (κ1) is 9.20. The summed E-state index contributed by atoms with van der Waals surface area (Å²) < 4.78 is 13.3. The van der Waals surface area contributed by atoms with E-state index in [1.54, 1.807) is 19.1 Å². The van der Waals surface area contributed by atoms with Gasteiger partial charge in [-0.05, 0) is 31.4 Å². The van der Waals surface area contributed by atoms with Crippen LogP contribution in [0.15, 0.2) is 18.2 Å². The second-order valence-electron chi connectivity index (χ2n) is 3.23. The molecule has 0 radical (unpaired) electrons. The van der Waals surface area contributed by atoms with E-state index in [4.69, 9.17) is 5.73 Å². The summed E-state index contributed by atoms with van der Waals surface area (Å²) in [6.45, 7) is 3.64. The van der Waals surface area contributed by atoms with E-state index in [9.17, 15) is 4.39 Å². The van der Waals surface area contributed by atoms with Gasteiger partial charge in [0.2, 0.25) is 0 Å². The van der Waals surface area contributed by atoms with Gasteiger partial charge in [-0.2, -0.15) is 0 Å². The van der Waals surface area contributed by atoms with Gasteiger partial charge in [-0.3, -0.25) is 0 Å². The standard InChI is InChI=1S/C10H14FN/c1-7-4-3-5-9(10(7)11)6-8(2)12/h3-5,8H,6,12H2,1-2H3/t8-/m1/s1. The molecule has 0 saturated carbocycles. The van der Waals surface area contributed by atoms with Gasteiger partial charge in [0, 0.05) is 6.04 Å². The largest absolute Gasteiger partial charge is 0.328 e. The van der Waals surface area contributed by atoms with Crippen molar-refractivity contribution in [3.63, 3.8) is 0 Å². The van der Waals surface area contributed by atoms with Crippen molar-refractivity contribution in [3.05, 3.63) is 35.1 Å². The second-order valence-corrected chi connectivity index (χ2v) is 3.23. The minimum absolute atomic E-state index is 0.0151. The molecule has 1 aromatic carbocycles. The first-order valence-corrected chi connectivity index (χ1v) is 4.11. The van der Waals surface area contributed by atoms with Crippen molar-refractivity contribution in [3.8, 4) is 0 Å². The van der Waals surface area contributed by atoms with Gasteiger partial charge in [-0.25, -0.2) is 4.39 Å². The number of rotatable bonds is 2. The second kappa shape index (κ2) is 3.68. The molecule has 0 saturated heterocycles. The van der Waals surface area contributed by atoms with Gasteiger partial charge in [-0.15, -0.1) is 0 Å². The van der Waals surface area contributed by atoms with Crippen LogP contribution in [0.1, 0.15) is 18.1 Å². The smallest absolute Gasteiger partial charge is 0.129 e. The molecule has 0 aliphatic heterocycles. The summed E-state index contributed by atoms with van der Waals surface area (Å²) in [7, 11) is 0. The van der Waals surface area contributed by atoms with Crippen molar-refractivity contribution < 1.29 is 4.39 Å². The summed E-state index contributed by atoms with van der Waals surface area (Å²) in [5.41, 5.74) is 6.98. The van der Waals surface area contributed by atoms with Gasteiger partial charge in [0.25, 0.3) is 0 Å². The Morgan fingerprint density at radius 3 is 2.75 bits per heavy atom. The fourth-order valence-electron chi connectivity index (χ4n) is 1.21. The SMILES string of the molecule is Cc1cccc(C[C@@H](C)N)c1F. The van der Waals surface area contributed by atoms with Crippen LogP contribution in [0.3, 0.4) is 0 Å². The Morgan fingerprint density at radius 2 is 2.17 bits per heavy atom. The maximum Gasteiger partial charge on any atom is 0.129 e. The van der Waals surface area contributed by atoms with E-state index in [1.165, 1.54) is 0 Å². The summed E-state index contributed by atoms with van der Waals surface area (Å²) in [6.07, 6.45) is 0.605. The van der Waals surface area contributed by atoms with Gasteiger partial charge in [0.05, 0.1) is 0 Å². The highest BCUT2D eigenvalue weighted by Gasteiger charge is 2.05. The van der Waals surface area contributed by atoms with Crippen LogP contribution in [0.4, 0.5) is 4.39 Å². The molecule has 12 heavy (non-hydrogen) atoms. The van der Waals surface area contributed by atoms with Crippen LogP contribution in [0.25, 0.3) is 0 Å². The van der Waals surface area contributed by atoms with Crippen LogP contribution >= 0.6 is 0 Å².